The van der Waals surface area contributed by atoms with Gasteiger partial charge in [-0.3, -0.25) is 14.9 Å². The topological polar surface area (TPSA) is 236 Å². The number of ether oxygens (including phenoxy) is 3. The third-order valence-electron chi connectivity index (χ3n) is 5.99. The number of amides is 5. The molecule has 0 spiro atoms. The fraction of sp³-hybridized carbons (Fsp3) is 0.630. The van der Waals surface area contributed by atoms with E-state index in [9.17, 15) is 33.9 Å². The van der Waals surface area contributed by atoms with Crippen LogP contribution in [0.4, 0.5) is 19.5 Å². The van der Waals surface area contributed by atoms with Gasteiger partial charge in [0.05, 0.1) is 19.1 Å². The number of aliphatic carboxylic acids is 1. The summed E-state index contributed by atoms with van der Waals surface area (Å²) in [5.74, 6) is -2.86. The normalized spacial score (nSPS) is 20.1. The van der Waals surface area contributed by atoms with Gasteiger partial charge in [0, 0.05) is 11.9 Å². The predicted octanol–water partition coefficient (Wildman–Crippen LogP) is 1.40. The van der Waals surface area contributed by atoms with Gasteiger partial charge < -0.3 is 45.0 Å². The molecular weight excluding hydrogens is 630 g/mol. The molecule has 3 heterocycles. The summed E-state index contributed by atoms with van der Waals surface area (Å²) in [6.07, 6.45) is -2.82. The summed E-state index contributed by atoms with van der Waals surface area (Å²) in [6.45, 7) is 12.7. The quantitative estimate of drug-likeness (QED) is 0.0973. The summed E-state index contributed by atoms with van der Waals surface area (Å²) in [7, 11) is 0. The number of oxime groups is 1. The van der Waals surface area contributed by atoms with E-state index >= 15 is 0 Å². The zero-order valence-corrected chi connectivity index (χ0v) is 27.5. The van der Waals surface area contributed by atoms with Crippen LogP contribution >= 0.6 is 11.3 Å². The maximum Gasteiger partial charge on any atom is 0.413 e. The van der Waals surface area contributed by atoms with Gasteiger partial charge in [-0.25, -0.2) is 24.2 Å². The van der Waals surface area contributed by atoms with E-state index in [1.165, 1.54) is 24.1 Å². The largest absolute Gasteiger partial charge is 0.478 e. The van der Waals surface area contributed by atoms with Gasteiger partial charge in [0.25, 0.3) is 5.91 Å². The first-order valence-electron chi connectivity index (χ1n) is 14.1. The molecule has 18 nitrogen and oxygen atoms in total. The van der Waals surface area contributed by atoms with Crippen molar-refractivity contribution in [2.75, 3.05) is 25.0 Å². The molecule has 0 saturated carbocycles. The second-order valence-corrected chi connectivity index (χ2v) is 13.7. The van der Waals surface area contributed by atoms with Gasteiger partial charge in [-0.15, -0.1) is 11.3 Å². The molecule has 1 aromatic heterocycles. The zero-order valence-electron chi connectivity index (χ0n) is 26.7. The number of nitrogens with zero attached hydrogens (tertiary/aromatic N) is 3. The Hall–Kier alpha value is -4.68. The number of carbonyl (C=O) groups is 6. The molecule has 2 fully saturated rings. The molecule has 0 radical (unpaired) electrons. The van der Waals surface area contributed by atoms with Gasteiger partial charge >= 0.3 is 24.2 Å². The number of anilines is 1. The molecule has 3 atom stereocenters. The van der Waals surface area contributed by atoms with Crippen molar-refractivity contribution in [3.63, 3.8) is 0 Å². The zero-order chi connectivity index (χ0) is 34.6. The summed E-state index contributed by atoms with van der Waals surface area (Å²) in [5, 5.41) is 24.7. The Morgan fingerprint density at radius 2 is 1.72 bits per heavy atom. The molecule has 0 aliphatic carbocycles. The van der Waals surface area contributed by atoms with Crippen molar-refractivity contribution in [1.82, 2.24) is 25.8 Å². The van der Waals surface area contributed by atoms with Crippen molar-refractivity contribution in [3.05, 3.63) is 11.1 Å². The van der Waals surface area contributed by atoms with Gasteiger partial charge in [-0.05, 0) is 55.4 Å². The number of rotatable bonds is 11. The predicted molar refractivity (Wildman–Crippen MR) is 161 cm³/mol. The van der Waals surface area contributed by atoms with Gasteiger partial charge in [-0.1, -0.05) is 5.16 Å². The Balaban J connectivity index is 1.68. The van der Waals surface area contributed by atoms with Crippen LogP contribution in [0.15, 0.2) is 10.5 Å². The van der Waals surface area contributed by atoms with Crippen LogP contribution < -0.4 is 21.3 Å². The second kappa shape index (κ2) is 13.8. The van der Waals surface area contributed by atoms with E-state index in [0.717, 1.165) is 11.3 Å². The summed E-state index contributed by atoms with van der Waals surface area (Å²) >= 11 is 0.932. The van der Waals surface area contributed by atoms with E-state index in [2.05, 4.69) is 31.4 Å². The number of hydrogen-bond donors (Lipinski definition) is 5. The Kier molecular flexibility index (Phi) is 10.7. The number of hydrogen-bond acceptors (Lipinski definition) is 13. The Bertz CT molecular complexity index is 1400. The highest BCUT2D eigenvalue weighted by Gasteiger charge is 2.45. The van der Waals surface area contributed by atoms with Crippen LogP contribution in [0.25, 0.3) is 0 Å². The van der Waals surface area contributed by atoms with Crippen LogP contribution in [0.2, 0.25) is 0 Å². The van der Waals surface area contributed by atoms with Crippen molar-refractivity contribution in [2.24, 2.45) is 5.16 Å². The van der Waals surface area contributed by atoms with E-state index in [1.807, 2.05) is 0 Å². The molecule has 0 aromatic carbocycles. The Morgan fingerprint density at radius 1 is 1.09 bits per heavy atom. The average molecular weight is 670 g/mol. The standard InChI is InChI=1S/C27H39N7O11S/c1-25(2,3)43-22(39)28-9-13-10-34(24(41)42-13)11-14-16(18(35)29-14)31-19(36)17(33-45-27(7,8)20(37)38)15-12-46-21(30-15)32-23(40)44-26(4,5)6/h12-14,16H,9-11H2,1-8H3,(H,28,39)(H,29,35)(H,31,36)(H,37,38)(H,30,32,40)/t13?,14-,16+/m1/s1. The molecule has 19 heteroatoms. The number of β-lactam (4-membered cyclic amide) rings is 1. The molecule has 46 heavy (non-hydrogen) atoms. The fourth-order valence-electron chi connectivity index (χ4n) is 3.78. The minimum atomic E-state index is -1.83. The van der Waals surface area contributed by atoms with E-state index in [-0.39, 0.29) is 30.5 Å². The molecule has 2 aliphatic heterocycles. The minimum Gasteiger partial charge on any atom is -0.478 e. The van der Waals surface area contributed by atoms with E-state index in [1.54, 1.807) is 41.5 Å². The number of cyclic esters (lactones) is 1. The molecule has 5 amide bonds. The van der Waals surface area contributed by atoms with Gasteiger partial charge in [0.2, 0.25) is 11.5 Å². The monoisotopic (exact) mass is 669 g/mol. The second-order valence-electron chi connectivity index (χ2n) is 12.9. The SMILES string of the molecule is CC(C)(C)OC(=O)NCC1CN(C[C@H]2NC(=O)[C@H]2NC(=O)C(=NOC(C)(C)C(=O)O)c2csc(NC(=O)OC(C)(C)C)n2)C(=O)O1. The van der Waals surface area contributed by atoms with E-state index in [0.29, 0.717) is 0 Å². The maximum absolute atomic E-state index is 13.4. The van der Waals surface area contributed by atoms with Crippen molar-refractivity contribution in [3.8, 4) is 0 Å². The minimum absolute atomic E-state index is 0.000721. The number of thiazole rings is 1. The number of aromatic nitrogens is 1. The molecule has 254 valence electrons. The molecule has 2 aliphatic rings. The number of carboxylic acid groups (broad SMARTS) is 1. The number of carboxylic acids is 1. The van der Waals surface area contributed by atoms with Crippen LogP contribution in [0, 0.1) is 0 Å². The van der Waals surface area contributed by atoms with Crippen molar-refractivity contribution < 1.29 is 52.9 Å². The van der Waals surface area contributed by atoms with Crippen LogP contribution in [0.3, 0.4) is 0 Å². The first-order chi connectivity index (χ1) is 21.1. The van der Waals surface area contributed by atoms with E-state index < -0.39 is 76.8 Å². The highest BCUT2D eigenvalue weighted by Crippen LogP contribution is 2.21. The van der Waals surface area contributed by atoms with Crippen LogP contribution in [0.1, 0.15) is 61.1 Å². The van der Waals surface area contributed by atoms with Crippen molar-refractivity contribution >= 4 is 58.2 Å². The fourth-order valence-corrected chi connectivity index (χ4v) is 4.46. The molecule has 2 saturated heterocycles. The smallest absolute Gasteiger partial charge is 0.413 e. The number of carbonyl (C=O) groups excluding carboxylic acids is 5. The average Bonchev–Trinajstić information content (AvgIpc) is 3.49. The lowest BCUT2D eigenvalue weighted by atomic mass is 9.98. The lowest BCUT2D eigenvalue weighted by Gasteiger charge is -2.38. The summed E-state index contributed by atoms with van der Waals surface area (Å²) < 4.78 is 15.7. The lowest BCUT2D eigenvalue weighted by molar-refractivity contribution is -0.161. The Morgan fingerprint density at radius 3 is 2.30 bits per heavy atom. The third kappa shape index (κ3) is 10.2. The summed E-state index contributed by atoms with van der Waals surface area (Å²) in [4.78, 5) is 84.6. The van der Waals surface area contributed by atoms with Gasteiger partial charge in [0.15, 0.2) is 10.8 Å². The molecule has 3 rings (SSSR count). The van der Waals surface area contributed by atoms with Crippen molar-refractivity contribution in [2.45, 2.75) is 90.4 Å². The molecular formula is C27H39N7O11S. The molecule has 5 N–H and O–H groups in total. The Labute approximate surface area is 268 Å². The molecule has 1 aromatic rings. The van der Waals surface area contributed by atoms with Gasteiger partial charge in [-0.2, -0.15) is 0 Å². The van der Waals surface area contributed by atoms with Crippen LogP contribution in [-0.2, 0) is 33.4 Å². The maximum atomic E-state index is 13.4. The molecule has 1 unspecified atom stereocenters. The van der Waals surface area contributed by atoms with E-state index in [4.69, 9.17) is 19.0 Å². The van der Waals surface area contributed by atoms with Gasteiger partial charge in [0.1, 0.15) is 29.0 Å². The summed E-state index contributed by atoms with van der Waals surface area (Å²) in [6, 6.07) is -1.84. The first kappa shape index (κ1) is 35.8. The first-order valence-corrected chi connectivity index (χ1v) is 15.0. The lowest BCUT2D eigenvalue weighted by Crippen LogP contribution is -2.72. The van der Waals surface area contributed by atoms with Crippen molar-refractivity contribution in [1.29, 1.82) is 0 Å². The number of alkyl carbamates (subject to hydrolysis) is 1. The highest BCUT2D eigenvalue weighted by atomic mass is 32.1. The molecule has 0 bridgehead atoms. The summed E-state index contributed by atoms with van der Waals surface area (Å²) in [5.41, 5.74) is -3.88. The van der Waals surface area contributed by atoms with Crippen LogP contribution in [0.5, 0.6) is 0 Å². The van der Waals surface area contributed by atoms with Crippen LogP contribution in [-0.4, -0.2) is 111 Å². The number of nitrogens with one attached hydrogen (secondary N) is 4. The highest BCUT2D eigenvalue weighted by molar-refractivity contribution is 7.14. The third-order valence-corrected chi connectivity index (χ3v) is 6.75.